The number of carbonyl (C=O) groups is 1. The van der Waals surface area contributed by atoms with Gasteiger partial charge in [0.2, 0.25) is 16.9 Å². The molecule has 2 bridgehead atoms. The van der Waals surface area contributed by atoms with E-state index >= 15 is 0 Å². The minimum atomic E-state index is -0.678. The molecule has 2 fully saturated rings. The van der Waals surface area contributed by atoms with Crippen LogP contribution in [-0.2, 0) is 11.3 Å². The fourth-order valence-corrected chi connectivity index (χ4v) is 6.87. The number of fused-ring (bicyclic) bond motifs is 2. The van der Waals surface area contributed by atoms with Gasteiger partial charge in [0, 0.05) is 29.7 Å². The number of hydrogen-bond acceptors (Lipinski definition) is 6. The van der Waals surface area contributed by atoms with Crippen molar-refractivity contribution < 1.29 is 19.1 Å². The molecule has 1 amide bonds. The summed E-state index contributed by atoms with van der Waals surface area (Å²) in [4.78, 5) is 26.2. The second-order valence-electron chi connectivity index (χ2n) is 12.8. The fourth-order valence-electron chi connectivity index (χ4n) is 6.75. The Hall–Kier alpha value is -4.40. The van der Waals surface area contributed by atoms with Crippen molar-refractivity contribution in [1.29, 1.82) is 0 Å². The molecule has 4 aromatic carbocycles. The summed E-state index contributed by atoms with van der Waals surface area (Å²) in [6, 6.07) is 38.9. The van der Waals surface area contributed by atoms with Crippen LogP contribution in [0.1, 0.15) is 64.8 Å². The first-order valence-electron chi connectivity index (χ1n) is 16.7. The molecule has 2 aliphatic heterocycles. The smallest absolute Gasteiger partial charge is 0.291 e. The third kappa shape index (κ3) is 9.03. The van der Waals surface area contributed by atoms with Crippen molar-refractivity contribution in [2.24, 2.45) is 0 Å². The lowest BCUT2D eigenvalue weighted by atomic mass is 9.97. The van der Waals surface area contributed by atoms with Gasteiger partial charge >= 0.3 is 0 Å². The molecular weight excluding hydrogens is 671 g/mol. The SMILES string of the molecule is CN1C2CCC1CC(OC(c1ccccc1)c1ccc(Cl)cc1)C2.Cc1cc(=O)c(O)c(C(=O)NCc2ccc(-c3ccccc3)cc2)o1.Cl. The minimum Gasteiger partial charge on any atom is -0.501 e. The summed E-state index contributed by atoms with van der Waals surface area (Å²) in [5.74, 6) is -1.42. The van der Waals surface area contributed by atoms with Crippen molar-refractivity contribution >= 4 is 29.9 Å². The molecule has 2 saturated heterocycles. The third-order valence-corrected chi connectivity index (χ3v) is 9.68. The van der Waals surface area contributed by atoms with Gasteiger partial charge in [0.05, 0.1) is 6.10 Å². The second-order valence-corrected chi connectivity index (χ2v) is 13.2. The van der Waals surface area contributed by atoms with Crippen LogP contribution in [0, 0.1) is 6.92 Å². The summed E-state index contributed by atoms with van der Waals surface area (Å²) in [5, 5.41) is 13.1. The Morgan fingerprint density at radius 1 is 0.880 bits per heavy atom. The van der Waals surface area contributed by atoms with Gasteiger partial charge in [-0.1, -0.05) is 109 Å². The summed E-state index contributed by atoms with van der Waals surface area (Å²) in [6.07, 6.45) is 5.24. The van der Waals surface area contributed by atoms with Crippen molar-refractivity contribution in [3.63, 3.8) is 0 Å². The number of carbonyl (C=O) groups excluding carboxylic acids is 1. The standard InChI is InChI=1S/C21H24ClNO.C20H17NO4.ClH/c1-23-18-11-12-19(23)14-20(13-18)24-21(15-5-3-2-4-6-15)16-7-9-17(22)10-8-16;1-13-11-17(22)18(23)19(25-13)20(24)21-12-14-7-9-16(10-8-14)15-5-3-2-4-6-15;/h2-10,18-21H,11-14H2,1H3;2-11,23H,12H2,1H3,(H,21,24);1H. The molecule has 3 heterocycles. The Kier molecular flexibility index (Phi) is 12.5. The van der Waals surface area contributed by atoms with Crippen molar-refractivity contribution in [1.82, 2.24) is 10.2 Å². The topological polar surface area (TPSA) is 92.0 Å². The van der Waals surface area contributed by atoms with Gasteiger partial charge in [0.25, 0.3) is 5.91 Å². The molecule has 2 aliphatic rings. The van der Waals surface area contributed by atoms with Gasteiger partial charge in [-0.25, -0.2) is 0 Å². The normalized spacial score (nSPS) is 18.7. The van der Waals surface area contributed by atoms with Crippen molar-refractivity contribution in [2.45, 2.75) is 63.4 Å². The van der Waals surface area contributed by atoms with Gasteiger partial charge in [-0.15, -0.1) is 12.4 Å². The molecule has 0 saturated carbocycles. The Labute approximate surface area is 304 Å². The van der Waals surface area contributed by atoms with E-state index in [1.54, 1.807) is 6.92 Å². The molecule has 0 radical (unpaired) electrons. The van der Waals surface area contributed by atoms with E-state index in [0.717, 1.165) is 40.6 Å². The predicted octanol–water partition coefficient (Wildman–Crippen LogP) is 8.74. The van der Waals surface area contributed by atoms with E-state index in [9.17, 15) is 14.7 Å². The van der Waals surface area contributed by atoms with Crippen molar-refractivity contribution in [3.05, 3.63) is 159 Å². The van der Waals surface area contributed by atoms with Gasteiger partial charge in [-0.3, -0.25) is 9.59 Å². The van der Waals surface area contributed by atoms with Crippen LogP contribution in [0.4, 0.5) is 0 Å². The van der Waals surface area contributed by atoms with Gasteiger partial charge in [-0.05, 0) is 79.6 Å². The number of halogens is 2. The molecule has 0 spiro atoms. The molecule has 50 heavy (non-hydrogen) atoms. The number of ether oxygens (including phenoxy) is 1. The highest BCUT2D eigenvalue weighted by Crippen LogP contribution is 2.39. The molecule has 0 aliphatic carbocycles. The van der Waals surface area contributed by atoms with Gasteiger partial charge in [0.15, 0.2) is 0 Å². The van der Waals surface area contributed by atoms with Crippen LogP contribution in [0.25, 0.3) is 11.1 Å². The van der Waals surface area contributed by atoms with Crippen LogP contribution < -0.4 is 10.7 Å². The lowest BCUT2D eigenvalue weighted by molar-refractivity contribution is -0.0426. The maximum atomic E-state index is 12.1. The maximum Gasteiger partial charge on any atom is 0.291 e. The van der Waals surface area contributed by atoms with Crippen LogP contribution in [0.15, 0.2) is 124 Å². The zero-order valence-corrected chi connectivity index (χ0v) is 29.7. The third-order valence-electron chi connectivity index (χ3n) is 9.42. The van der Waals surface area contributed by atoms with Crippen LogP contribution in [-0.4, -0.2) is 41.1 Å². The van der Waals surface area contributed by atoms with Crippen LogP contribution in [0.3, 0.4) is 0 Å². The molecule has 7 rings (SSSR count). The van der Waals surface area contributed by atoms with Gasteiger partial charge in [-0.2, -0.15) is 0 Å². The number of aromatic hydroxyl groups is 1. The number of piperidine rings is 1. The highest BCUT2D eigenvalue weighted by atomic mass is 35.5. The Morgan fingerprint density at radius 2 is 1.44 bits per heavy atom. The molecule has 260 valence electrons. The monoisotopic (exact) mass is 712 g/mol. The highest BCUT2D eigenvalue weighted by molar-refractivity contribution is 6.30. The summed E-state index contributed by atoms with van der Waals surface area (Å²) < 4.78 is 11.8. The van der Waals surface area contributed by atoms with Crippen LogP contribution >= 0.6 is 24.0 Å². The summed E-state index contributed by atoms with van der Waals surface area (Å²) in [5.41, 5.74) is 4.84. The van der Waals surface area contributed by atoms with Crippen molar-refractivity contribution in [2.75, 3.05) is 7.05 Å². The first-order valence-corrected chi connectivity index (χ1v) is 17.1. The van der Waals surface area contributed by atoms with E-state index in [-0.39, 0.29) is 36.6 Å². The quantitative estimate of drug-likeness (QED) is 0.167. The maximum absolute atomic E-state index is 12.1. The van der Waals surface area contributed by atoms with Crippen LogP contribution in [0.5, 0.6) is 5.75 Å². The van der Waals surface area contributed by atoms with E-state index in [1.165, 1.54) is 24.0 Å². The fraction of sp³-hybridized carbons (Fsp3) is 0.268. The zero-order valence-electron chi connectivity index (χ0n) is 28.1. The van der Waals surface area contributed by atoms with E-state index < -0.39 is 17.1 Å². The average Bonchev–Trinajstić information content (AvgIpc) is 3.31. The summed E-state index contributed by atoms with van der Waals surface area (Å²) in [6.45, 7) is 1.80. The lowest BCUT2D eigenvalue weighted by Gasteiger charge is -2.38. The molecule has 7 nitrogen and oxygen atoms in total. The first kappa shape index (κ1) is 36.9. The van der Waals surface area contributed by atoms with Gasteiger partial charge in [0.1, 0.15) is 11.9 Å². The van der Waals surface area contributed by atoms with Gasteiger partial charge < -0.3 is 24.5 Å². The first-order chi connectivity index (χ1) is 23.7. The lowest BCUT2D eigenvalue weighted by Crippen LogP contribution is -2.43. The second kappa shape index (κ2) is 17.0. The molecule has 3 unspecified atom stereocenters. The minimum absolute atomic E-state index is 0. The Morgan fingerprint density at radius 3 is 2.06 bits per heavy atom. The number of nitrogens with one attached hydrogen (secondary N) is 1. The van der Waals surface area contributed by atoms with E-state index in [2.05, 4.69) is 59.7 Å². The highest BCUT2D eigenvalue weighted by Gasteiger charge is 2.39. The average molecular weight is 714 g/mol. The molecular formula is C41H42Cl2N2O5. The van der Waals surface area contributed by atoms with E-state index in [1.807, 2.05) is 66.7 Å². The Bertz CT molecular complexity index is 1890. The predicted molar refractivity (Wildman–Crippen MR) is 200 cm³/mol. The molecule has 2 N–H and O–H groups in total. The summed E-state index contributed by atoms with van der Waals surface area (Å²) >= 11 is 6.07. The summed E-state index contributed by atoms with van der Waals surface area (Å²) in [7, 11) is 2.27. The molecule has 9 heteroatoms. The largest absolute Gasteiger partial charge is 0.501 e. The number of hydrogen-bond donors (Lipinski definition) is 2. The van der Waals surface area contributed by atoms with E-state index in [0.29, 0.717) is 18.2 Å². The van der Waals surface area contributed by atoms with Crippen LogP contribution in [0.2, 0.25) is 5.02 Å². The number of amides is 1. The molecule has 1 aromatic heterocycles. The zero-order chi connectivity index (χ0) is 34.3. The van der Waals surface area contributed by atoms with E-state index in [4.69, 9.17) is 20.8 Å². The number of rotatable bonds is 8. The Balaban J connectivity index is 0.000000191. The number of aryl methyl sites for hydroxylation is 1. The molecule has 5 aromatic rings. The number of benzene rings is 4. The molecule has 3 atom stereocenters. The number of nitrogens with zero attached hydrogens (tertiary/aromatic N) is 1. The van der Waals surface area contributed by atoms with Crippen molar-refractivity contribution in [3.8, 4) is 16.9 Å².